The summed E-state index contributed by atoms with van der Waals surface area (Å²) in [5, 5.41) is 9.09. The SMILES string of the molecule is COc1ncc(CO)cc1-c1ccccc1. The summed E-state index contributed by atoms with van der Waals surface area (Å²) in [6.45, 7) is -0.0170. The van der Waals surface area contributed by atoms with Gasteiger partial charge in [-0.3, -0.25) is 0 Å². The molecule has 0 atom stereocenters. The summed E-state index contributed by atoms with van der Waals surface area (Å²) in [6, 6.07) is 11.7. The first-order valence-electron chi connectivity index (χ1n) is 5.04. The van der Waals surface area contributed by atoms with Crippen molar-refractivity contribution in [2.24, 2.45) is 0 Å². The Morgan fingerprint density at radius 1 is 1.25 bits per heavy atom. The first-order valence-corrected chi connectivity index (χ1v) is 5.04. The molecule has 0 aliphatic carbocycles. The Hall–Kier alpha value is -1.87. The third kappa shape index (κ3) is 2.04. The highest BCUT2D eigenvalue weighted by atomic mass is 16.5. The smallest absolute Gasteiger partial charge is 0.221 e. The van der Waals surface area contributed by atoms with E-state index in [0.717, 1.165) is 16.7 Å². The molecule has 0 aliphatic heterocycles. The number of aliphatic hydroxyl groups excluding tert-OH is 1. The quantitative estimate of drug-likeness (QED) is 0.853. The van der Waals surface area contributed by atoms with Crippen molar-refractivity contribution in [3.63, 3.8) is 0 Å². The lowest BCUT2D eigenvalue weighted by molar-refractivity contribution is 0.281. The average molecular weight is 215 g/mol. The Morgan fingerprint density at radius 3 is 2.62 bits per heavy atom. The predicted molar refractivity (Wildman–Crippen MR) is 62.1 cm³/mol. The fourth-order valence-corrected chi connectivity index (χ4v) is 1.57. The van der Waals surface area contributed by atoms with Crippen LogP contribution in [0, 0.1) is 0 Å². The van der Waals surface area contributed by atoms with E-state index in [-0.39, 0.29) is 6.61 Å². The lowest BCUT2D eigenvalue weighted by Crippen LogP contribution is -1.94. The molecule has 0 spiro atoms. The zero-order chi connectivity index (χ0) is 11.4. The molecule has 1 heterocycles. The van der Waals surface area contributed by atoms with Gasteiger partial charge in [0.1, 0.15) is 0 Å². The van der Waals surface area contributed by atoms with E-state index >= 15 is 0 Å². The van der Waals surface area contributed by atoms with Crippen LogP contribution >= 0.6 is 0 Å². The van der Waals surface area contributed by atoms with Gasteiger partial charge in [0.2, 0.25) is 5.88 Å². The third-order valence-electron chi connectivity index (χ3n) is 2.37. The van der Waals surface area contributed by atoms with Crippen molar-refractivity contribution < 1.29 is 9.84 Å². The van der Waals surface area contributed by atoms with Crippen LogP contribution < -0.4 is 4.74 Å². The summed E-state index contributed by atoms with van der Waals surface area (Å²) in [5.41, 5.74) is 2.71. The van der Waals surface area contributed by atoms with Crippen LogP contribution in [0.15, 0.2) is 42.6 Å². The van der Waals surface area contributed by atoms with E-state index in [2.05, 4.69) is 4.98 Å². The van der Waals surface area contributed by atoms with Gasteiger partial charge in [-0.25, -0.2) is 4.98 Å². The Balaban J connectivity index is 2.53. The van der Waals surface area contributed by atoms with Crippen molar-refractivity contribution in [2.75, 3.05) is 7.11 Å². The van der Waals surface area contributed by atoms with E-state index in [9.17, 15) is 0 Å². The molecule has 0 radical (unpaired) electrons. The van der Waals surface area contributed by atoms with Crippen molar-refractivity contribution >= 4 is 0 Å². The van der Waals surface area contributed by atoms with Gasteiger partial charge in [-0.05, 0) is 17.2 Å². The average Bonchev–Trinajstić information content (AvgIpc) is 2.39. The van der Waals surface area contributed by atoms with Crippen LogP contribution in [0.2, 0.25) is 0 Å². The number of hydrogen-bond donors (Lipinski definition) is 1. The van der Waals surface area contributed by atoms with Crippen LogP contribution in [-0.4, -0.2) is 17.2 Å². The second kappa shape index (κ2) is 4.77. The summed E-state index contributed by atoms with van der Waals surface area (Å²) < 4.78 is 5.21. The van der Waals surface area contributed by atoms with Crippen molar-refractivity contribution in [2.45, 2.75) is 6.61 Å². The Kier molecular flexibility index (Phi) is 3.17. The minimum Gasteiger partial charge on any atom is -0.481 e. The number of aliphatic hydroxyl groups is 1. The van der Waals surface area contributed by atoms with E-state index < -0.39 is 0 Å². The molecule has 0 bridgehead atoms. The zero-order valence-corrected chi connectivity index (χ0v) is 9.05. The molecule has 82 valence electrons. The fourth-order valence-electron chi connectivity index (χ4n) is 1.57. The number of aromatic nitrogens is 1. The Labute approximate surface area is 94.3 Å². The van der Waals surface area contributed by atoms with Crippen molar-refractivity contribution in [1.82, 2.24) is 4.98 Å². The molecule has 0 saturated heterocycles. The van der Waals surface area contributed by atoms with Gasteiger partial charge < -0.3 is 9.84 Å². The lowest BCUT2D eigenvalue weighted by Gasteiger charge is -2.08. The van der Waals surface area contributed by atoms with Crippen molar-refractivity contribution in [3.8, 4) is 17.0 Å². The molecule has 2 aromatic rings. The van der Waals surface area contributed by atoms with Crippen LogP contribution in [0.4, 0.5) is 0 Å². The van der Waals surface area contributed by atoms with Crippen molar-refractivity contribution in [3.05, 3.63) is 48.2 Å². The summed E-state index contributed by atoms with van der Waals surface area (Å²) in [6.07, 6.45) is 1.62. The molecule has 1 aromatic carbocycles. The van der Waals surface area contributed by atoms with Crippen LogP contribution in [0.1, 0.15) is 5.56 Å². The van der Waals surface area contributed by atoms with Gasteiger partial charge in [0.15, 0.2) is 0 Å². The molecule has 2 rings (SSSR count). The largest absolute Gasteiger partial charge is 0.481 e. The number of methoxy groups -OCH3 is 1. The molecule has 0 aliphatic rings. The molecule has 1 N–H and O–H groups in total. The van der Waals surface area contributed by atoms with E-state index in [4.69, 9.17) is 9.84 Å². The molecule has 0 saturated carbocycles. The second-order valence-corrected chi connectivity index (χ2v) is 3.42. The number of ether oxygens (including phenoxy) is 1. The maximum absolute atomic E-state index is 9.09. The third-order valence-corrected chi connectivity index (χ3v) is 2.37. The first kappa shape index (κ1) is 10.6. The summed E-state index contributed by atoms with van der Waals surface area (Å²) in [7, 11) is 1.59. The summed E-state index contributed by atoms with van der Waals surface area (Å²) in [5.74, 6) is 0.573. The van der Waals surface area contributed by atoms with Crippen LogP contribution in [0.25, 0.3) is 11.1 Å². The highest BCUT2D eigenvalue weighted by Crippen LogP contribution is 2.28. The highest BCUT2D eigenvalue weighted by Gasteiger charge is 2.07. The molecule has 0 fully saturated rings. The molecular formula is C13H13NO2. The molecule has 16 heavy (non-hydrogen) atoms. The van der Waals surface area contributed by atoms with E-state index in [0.29, 0.717) is 5.88 Å². The number of benzene rings is 1. The number of pyridine rings is 1. The van der Waals surface area contributed by atoms with Gasteiger partial charge in [0, 0.05) is 11.8 Å². The van der Waals surface area contributed by atoms with Gasteiger partial charge in [-0.1, -0.05) is 30.3 Å². The second-order valence-electron chi connectivity index (χ2n) is 3.42. The highest BCUT2D eigenvalue weighted by molar-refractivity contribution is 5.68. The van der Waals surface area contributed by atoms with E-state index in [1.165, 1.54) is 0 Å². The van der Waals surface area contributed by atoms with E-state index in [1.807, 2.05) is 36.4 Å². The monoisotopic (exact) mass is 215 g/mol. The van der Waals surface area contributed by atoms with Crippen LogP contribution in [0.5, 0.6) is 5.88 Å². The van der Waals surface area contributed by atoms with Gasteiger partial charge in [-0.2, -0.15) is 0 Å². The topological polar surface area (TPSA) is 42.4 Å². The number of rotatable bonds is 3. The fraction of sp³-hybridized carbons (Fsp3) is 0.154. The maximum Gasteiger partial charge on any atom is 0.221 e. The number of hydrogen-bond acceptors (Lipinski definition) is 3. The minimum absolute atomic E-state index is 0.0170. The predicted octanol–water partition coefficient (Wildman–Crippen LogP) is 2.25. The Morgan fingerprint density at radius 2 is 2.00 bits per heavy atom. The summed E-state index contributed by atoms with van der Waals surface area (Å²) in [4.78, 5) is 4.16. The molecule has 3 heteroatoms. The molecular weight excluding hydrogens is 202 g/mol. The van der Waals surface area contributed by atoms with Gasteiger partial charge >= 0.3 is 0 Å². The Bertz CT molecular complexity index is 469. The minimum atomic E-state index is -0.0170. The normalized spacial score (nSPS) is 10.1. The van der Waals surface area contributed by atoms with Crippen molar-refractivity contribution in [1.29, 1.82) is 0 Å². The van der Waals surface area contributed by atoms with E-state index in [1.54, 1.807) is 13.3 Å². The molecule has 0 unspecified atom stereocenters. The number of nitrogens with zero attached hydrogens (tertiary/aromatic N) is 1. The zero-order valence-electron chi connectivity index (χ0n) is 9.05. The lowest BCUT2D eigenvalue weighted by atomic mass is 10.1. The van der Waals surface area contributed by atoms with Crippen LogP contribution in [0.3, 0.4) is 0 Å². The summed E-state index contributed by atoms with van der Waals surface area (Å²) >= 11 is 0. The van der Waals surface area contributed by atoms with Gasteiger partial charge in [0.25, 0.3) is 0 Å². The van der Waals surface area contributed by atoms with Gasteiger partial charge in [-0.15, -0.1) is 0 Å². The molecule has 0 amide bonds. The first-order chi connectivity index (χ1) is 7.85. The van der Waals surface area contributed by atoms with Gasteiger partial charge in [0.05, 0.1) is 13.7 Å². The molecule has 1 aromatic heterocycles. The molecule has 3 nitrogen and oxygen atoms in total. The van der Waals surface area contributed by atoms with Crippen LogP contribution in [-0.2, 0) is 6.61 Å². The standard InChI is InChI=1S/C13H13NO2/c1-16-13-12(7-10(9-15)8-14-13)11-5-3-2-4-6-11/h2-8,15H,9H2,1H3. The maximum atomic E-state index is 9.09.